The first kappa shape index (κ1) is 11.7. The second kappa shape index (κ2) is 5.01. The van der Waals surface area contributed by atoms with Crippen molar-refractivity contribution in [3.05, 3.63) is 50.7 Å². The van der Waals surface area contributed by atoms with Crippen LogP contribution in [-0.4, -0.2) is 4.98 Å². The van der Waals surface area contributed by atoms with Gasteiger partial charge in [-0.2, -0.15) is 0 Å². The normalized spacial score (nSPS) is 10.2. The molecule has 0 saturated heterocycles. The molecule has 0 saturated carbocycles. The molecule has 2 nitrogen and oxygen atoms in total. The van der Waals surface area contributed by atoms with Gasteiger partial charge in [-0.15, -0.1) is 0 Å². The quantitative estimate of drug-likeness (QED) is 0.751. The molecule has 0 bridgehead atoms. The van der Waals surface area contributed by atoms with Crippen LogP contribution >= 0.6 is 34.2 Å². The van der Waals surface area contributed by atoms with E-state index < -0.39 is 0 Å². The second-order valence-electron chi connectivity index (χ2n) is 3.29. The Balaban J connectivity index is 2.30. The lowest BCUT2D eigenvalue weighted by Gasteiger charge is -2.07. The first-order valence-electron chi connectivity index (χ1n) is 4.72. The summed E-state index contributed by atoms with van der Waals surface area (Å²) in [6, 6.07) is 11.2. The molecule has 82 valence electrons. The average Bonchev–Trinajstić information content (AvgIpc) is 2.24. The van der Waals surface area contributed by atoms with Gasteiger partial charge in [0.2, 0.25) is 5.88 Å². The smallest absolute Gasteiger partial charge is 0.219 e. The lowest BCUT2D eigenvalue weighted by molar-refractivity contribution is 0.458. The van der Waals surface area contributed by atoms with Gasteiger partial charge in [-0.3, -0.25) is 0 Å². The summed E-state index contributed by atoms with van der Waals surface area (Å²) in [5.41, 5.74) is 0.925. The Morgan fingerprint density at radius 2 is 2.06 bits per heavy atom. The summed E-state index contributed by atoms with van der Waals surface area (Å²) in [5.74, 6) is 1.31. The van der Waals surface area contributed by atoms with Crippen LogP contribution < -0.4 is 4.74 Å². The third-order valence-corrected chi connectivity index (χ3v) is 3.10. The predicted molar refractivity (Wildman–Crippen MR) is 73.2 cm³/mol. The minimum Gasteiger partial charge on any atom is -0.438 e. The van der Waals surface area contributed by atoms with E-state index in [0.29, 0.717) is 10.9 Å². The van der Waals surface area contributed by atoms with Crippen molar-refractivity contribution in [2.24, 2.45) is 0 Å². The minimum atomic E-state index is 0.584. The molecule has 16 heavy (non-hydrogen) atoms. The van der Waals surface area contributed by atoms with E-state index in [1.807, 2.05) is 37.3 Å². The standard InChI is InChI=1S/C12H9ClINO/c1-8-3-2-4-12(15-8)16-11-7-9(13)5-6-10(11)14/h2-7H,1H3. The van der Waals surface area contributed by atoms with Crippen molar-refractivity contribution in [1.29, 1.82) is 0 Å². The number of aryl methyl sites for hydroxylation is 1. The number of pyridine rings is 1. The highest BCUT2D eigenvalue weighted by molar-refractivity contribution is 14.1. The molecule has 0 aliphatic carbocycles. The summed E-state index contributed by atoms with van der Waals surface area (Å²) in [6.45, 7) is 1.93. The van der Waals surface area contributed by atoms with E-state index in [9.17, 15) is 0 Å². The fourth-order valence-electron chi connectivity index (χ4n) is 1.24. The van der Waals surface area contributed by atoms with Gasteiger partial charge in [0.05, 0.1) is 3.57 Å². The van der Waals surface area contributed by atoms with E-state index in [4.69, 9.17) is 16.3 Å². The molecule has 0 amide bonds. The molecule has 0 aliphatic rings. The highest BCUT2D eigenvalue weighted by atomic mass is 127. The maximum Gasteiger partial charge on any atom is 0.219 e. The number of halogens is 2. The Bertz CT molecular complexity index is 516. The Hall–Kier alpha value is -0.810. The molecule has 2 aromatic rings. The molecule has 0 unspecified atom stereocenters. The van der Waals surface area contributed by atoms with Crippen molar-refractivity contribution in [3.63, 3.8) is 0 Å². The Kier molecular flexibility index (Phi) is 3.66. The first-order chi connectivity index (χ1) is 7.65. The fourth-order valence-corrected chi connectivity index (χ4v) is 1.85. The van der Waals surface area contributed by atoms with Gasteiger partial charge in [0.25, 0.3) is 0 Å². The van der Waals surface area contributed by atoms with Gasteiger partial charge in [0.15, 0.2) is 0 Å². The van der Waals surface area contributed by atoms with E-state index in [0.717, 1.165) is 15.0 Å². The molecule has 0 fully saturated rings. The van der Waals surface area contributed by atoms with E-state index in [1.165, 1.54) is 0 Å². The van der Waals surface area contributed by atoms with Crippen molar-refractivity contribution in [1.82, 2.24) is 4.98 Å². The molecular weight excluding hydrogens is 336 g/mol. The van der Waals surface area contributed by atoms with Gasteiger partial charge in [0.1, 0.15) is 5.75 Å². The van der Waals surface area contributed by atoms with Crippen LogP contribution in [-0.2, 0) is 0 Å². The molecule has 0 spiro atoms. The van der Waals surface area contributed by atoms with Crippen LogP contribution in [0.25, 0.3) is 0 Å². The van der Waals surface area contributed by atoms with E-state index >= 15 is 0 Å². The molecule has 0 atom stereocenters. The molecule has 0 aliphatic heterocycles. The third kappa shape index (κ3) is 2.86. The Morgan fingerprint density at radius 3 is 2.81 bits per heavy atom. The van der Waals surface area contributed by atoms with Gasteiger partial charge in [0, 0.05) is 22.8 Å². The van der Waals surface area contributed by atoms with Crippen LogP contribution in [0, 0.1) is 10.5 Å². The lowest BCUT2D eigenvalue weighted by Crippen LogP contribution is -1.91. The molecule has 2 rings (SSSR count). The lowest BCUT2D eigenvalue weighted by atomic mass is 10.3. The third-order valence-electron chi connectivity index (χ3n) is 1.97. The van der Waals surface area contributed by atoms with E-state index in [1.54, 1.807) is 6.07 Å². The van der Waals surface area contributed by atoms with Crippen LogP contribution in [0.1, 0.15) is 5.69 Å². The Labute approximate surface area is 113 Å². The summed E-state index contributed by atoms with van der Waals surface area (Å²) in [4.78, 5) is 4.27. The first-order valence-corrected chi connectivity index (χ1v) is 6.17. The zero-order chi connectivity index (χ0) is 11.5. The number of hydrogen-bond donors (Lipinski definition) is 0. The molecule has 1 aromatic carbocycles. The molecule has 0 radical (unpaired) electrons. The number of rotatable bonds is 2. The highest BCUT2D eigenvalue weighted by Crippen LogP contribution is 2.28. The van der Waals surface area contributed by atoms with Crippen molar-refractivity contribution >= 4 is 34.2 Å². The number of ether oxygens (including phenoxy) is 1. The van der Waals surface area contributed by atoms with Crippen LogP contribution in [0.3, 0.4) is 0 Å². The van der Waals surface area contributed by atoms with Gasteiger partial charge in [-0.05, 0) is 47.7 Å². The van der Waals surface area contributed by atoms with Gasteiger partial charge in [-0.1, -0.05) is 17.7 Å². The maximum atomic E-state index is 5.91. The summed E-state index contributed by atoms with van der Waals surface area (Å²) < 4.78 is 6.67. The van der Waals surface area contributed by atoms with Gasteiger partial charge >= 0.3 is 0 Å². The molecule has 4 heteroatoms. The highest BCUT2D eigenvalue weighted by Gasteiger charge is 2.04. The molecule has 1 heterocycles. The predicted octanol–water partition coefficient (Wildman–Crippen LogP) is 4.44. The molecule has 0 N–H and O–H groups in total. The molecule has 1 aromatic heterocycles. The largest absolute Gasteiger partial charge is 0.438 e. The zero-order valence-corrected chi connectivity index (χ0v) is 11.5. The minimum absolute atomic E-state index is 0.584. The fraction of sp³-hybridized carbons (Fsp3) is 0.0833. The van der Waals surface area contributed by atoms with Crippen molar-refractivity contribution in [3.8, 4) is 11.6 Å². The van der Waals surface area contributed by atoms with Gasteiger partial charge in [-0.25, -0.2) is 4.98 Å². The molecular formula is C12H9ClINO. The number of hydrogen-bond acceptors (Lipinski definition) is 2. The Morgan fingerprint density at radius 1 is 1.25 bits per heavy atom. The van der Waals surface area contributed by atoms with Crippen molar-refractivity contribution in [2.45, 2.75) is 6.92 Å². The average molecular weight is 346 g/mol. The summed E-state index contributed by atoms with van der Waals surface area (Å²) >= 11 is 8.11. The van der Waals surface area contributed by atoms with Crippen molar-refractivity contribution < 1.29 is 4.74 Å². The van der Waals surface area contributed by atoms with E-state index in [-0.39, 0.29) is 0 Å². The zero-order valence-electron chi connectivity index (χ0n) is 8.58. The summed E-state index contributed by atoms with van der Waals surface area (Å²) in [6.07, 6.45) is 0. The number of benzene rings is 1. The SMILES string of the molecule is Cc1cccc(Oc2cc(Cl)ccc2I)n1. The van der Waals surface area contributed by atoms with Crippen LogP contribution in [0.4, 0.5) is 0 Å². The summed E-state index contributed by atoms with van der Waals surface area (Å²) in [7, 11) is 0. The number of aromatic nitrogens is 1. The monoisotopic (exact) mass is 345 g/mol. The number of nitrogens with zero attached hydrogens (tertiary/aromatic N) is 1. The maximum absolute atomic E-state index is 5.91. The van der Waals surface area contributed by atoms with Crippen molar-refractivity contribution in [2.75, 3.05) is 0 Å². The topological polar surface area (TPSA) is 22.1 Å². The van der Waals surface area contributed by atoms with E-state index in [2.05, 4.69) is 27.6 Å². The van der Waals surface area contributed by atoms with Crippen LogP contribution in [0.15, 0.2) is 36.4 Å². The summed E-state index contributed by atoms with van der Waals surface area (Å²) in [5, 5.41) is 0.656. The second-order valence-corrected chi connectivity index (χ2v) is 4.89. The van der Waals surface area contributed by atoms with Gasteiger partial charge < -0.3 is 4.74 Å². The van der Waals surface area contributed by atoms with Crippen LogP contribution in [0.5, 0.6) is 11.6 Å². The van der Waals surface area contributed by atoms with Crippen LogP contribution in [0.2, 0.25) is 5.02 Å².